The van der Waals surface area contributed by atoms with Crippen molar-refractivity contribution in [3.05, 3.63) is 71.3 Å². The van der Waals surface area contributed by atoms with Crippen LogP contribution < -0.4 is 10.6 Å². The summed E-state index contributed by atoms with van der Waals surface area (Å²) in [5, 5.41) is 6.60. The van der Waals surface area contributed by atoms with E-state index in [1.54, 1.807) is 0 Å². The Morgan fingerprint density at radius 1 is 0.929 bits per heavy atom. The van der Waals surface area contributed by atoms with Gasteiger partial charge in [0.05, 0.1) is 0 Å². The highest BCUT2D eigenvalue weighted by Crippen LogP contribution is 2.31. The molecule has 0 aromatic heterocycles. The summed E-state index contributed by atoms with van der Waals surface area (Å²) in [7, 11) is 0. The van der Waals surface area contributed by atoms with Gasteiger partial charge >= 0.3 is 0 Å². The Balaban J connectivity index is 1.57. The van der Waals surface area contributed by atoms with E-state index in [1.165, 1.54) is 0 Å². The van der Waals surface area contributed by atoms with E-state index >= 15 is 0 Å². The molecule has 2 aliphatic rings. The Kier molecular flexibility index (Phi) is 5.72. The van der Waals surface area contributed by atoms with Crippen LogP contribution in [0.25, 0.3) is 0 Å². The Morgan fingerprint density at radius 3 is 2.57 bits per heavy atom. The predicted octanol–water partition coefficient (Wildman–Crippen LogP) is 2.86. The van der Waals surface area contributed by atoms with Gasteiger partial charge in [-0.15, -0.1) is 0 Å². The van der Waals surface area contributed by atoms with Crippen molar-refractivity contribution in [1.29, 1.82) is 0 Å². The van der Waals surface area contributed by atoms with Crippen molar-refractivity contribution in [1.82, 2.24) is 15.5 Å². The molecule has 2 aromatic rings. The van der Waals surface area contributed by atoms with Crippen molar-refractivity contribution < 1.29 is 9.59 Å². The summed E-state index contributed by atoms with van der Waals surface area (Å²) in [6.45, 7) is 2.82. The highest BCUT2D eigenvalue weighted by molar-refractivity contribution is 5.97. The van der Waals surface area contributed by atoms with E-state index in [4.69, 9.17) is 0 Å². The van der Waals surface area contributed by atoms with E-state index in [9.17, 15) is 9.59 Å². The smallest absolute Gasteiger partial charge is 0.254 e. The van der Waals surface area contributed by atoms with Gasteiger partial charge < -0.3 is 15.5 Å². The van der Waals surface area contributed by atoms with Gasteiger partial charge in [-0.3, -0.25) is 9.59 Å². The van der Waals surface area contributed by atoms with Crippen LogP contribution in [0.5, 0.6) is 0 Å². The van der Waals surface area contributed by atoms with Gasteiger partial charge in [0.25, 0.3) is 5.91 Å². The molecule has 146 valence electrons. The zero-order valence-electron chi connectivity index (χ0n) is 16.1. The predicted molar refractivity (Wildman–Crippen MR) is 109 cm³/mol. The molecule has 0 unspecified atom stereocenters. The largest absolute Gasteiger partial charge is 0.356 e. The summed E-state index contributed by atoms with van der Waals surface area (Å²) in [5.74, 6) is 0.485. The monoisotopic (exact) mass is 377 g/mol. The van der Waals surface area contributed by atoms with Crippen molar-refractivity contribution in [2.75, 3.05) is 26.2 Å². The summed E-state index contributed by atoms with van der Waals surface area (Å²) in [5.41, 5.74) is 3.12. The quantitative estimate of drug-likeness (QED) is 0.803. The minimum atomic E-state index is -0.00137. The molecule has 2 heterocycles. The Labute approximate surface area is 166 Å². The second-order valence-electron chi connectivity index (χ2n) is 7.65. The summed E-state index contributed by atoms with van der Waals surface area (Å²) in [6, 6.07) is 18.1. The molecule has 2 aliphatic heterocycles. The fourth-order valence-electron chi connectivity index (χ4n) is 4.29. The molecule has 1 saturated heterocycles. The average Bonchev–Trinajstić information content (AvgIpc) is 2.74. The highest BCUT2D eigenvalue weighted by atomic mass is 16.2. The molecule has 1 fully saturated rings. The van der Waals surface area contributed by atoms with E-state index in [0.29, 0.717) is 25.4 Å². The van der Waals surface area contributed by atoms with Gasteiger partial charge in [0.2, 0.25) is 5.91 Å². The lowest BCUT2D eigenvalue weighted by atomic mass is 9.87. The first kappa shape index (κ1) is 18.7. The molecule has 0 saturated carbocycles. The van der Waals surface area contributed by atoms with E-state index in [1.807, 2.05) is 41.3 Å². The van der Waals surface area contributed by atoms with Crippen LogP contribution in [0.3, 0.4) is 0 Å². The second kappa shape index (κ2) is 8.57. The molecule has 2 bridgehead atoms. The Hall–Kier alpha value is -2.66. The summed E-state index contributed by atoms with van der Waals surface area (Å²) < 4.78 is 0. The third kappa shape index (κ3) is 4.09. The van der Waals surface area contributed by atoms with Gasteiger partial charge in [-0.25, -0.2) is 0 Å². The SMILES string of the molecule is O=C1C[C@@H](c2ccccc2)NCC[C@@H]2CN(CCCN1)C(=O)c1ccccc12. The highest BCUT2D eigenvalue weighted by Gasteiger charge is 2.30. The number of hydrogen-bond donors (Lipinski definition) is 2. The lowest BCUT2D eigenvalue weighted by Crippen LogP contribution is -2.41. The molecule has 4 rings (SSSR count). The van der Waals surface area contributed by atoms with Crippen molar-refractivity contribution in [3.8, 4) is 0 Å². The lowest BCUT2D eigenvalue weighted by Gasteiger charge is -2.34. The van der Waals surface area contributed by atoms with Crippen molar-refractivity contribution in [2.24, 2.45) is 0 Å². The van der Waals surface area contributed by atoms with E-state index in [0.717, 1.165) is 42.6 Å². The van der Waals surface area contributed by atoms with Gasteiger partial charge in [-0.1, -0.05) is 48.5 Å². The molecule has 0 radical (unpaired) electrons. The van der Waals surface area contributed by atoms with Crippen LogP contribution in [-0.4, -0.2) is 42.9 Å². The Bertz CT molecular complexity index is 837. The fraction of sp³-hybridized carbons (Fsp3) is 0.391. The number of rotatable bonds is 1. The van der Waals surface area contributed by atoms with Crippen LogP contribution in [0.15, 0.2) is 54.6 Å². The molecule has 2 amide bonds. The molecule has 2 atom stereocenters. The standard InChI is InChI=1S/C23H27N3O2/c27-22-15-21(17-7-2-1-3-8-17)24-13-11-18-16-26(14-6-12-25-22)23(28)20-10-5-4-9-19(18)20/h1-5,7-10,18,21,24H,6,11-16H2,(H,25,27)/t18-,21+/m1/s1. The van der Waals surface area contributed by atoms with E-state index < -0.39 is 0 Å². The van der Waals surface area contributed by atoms with Crippen LogP contribution in [0.1, 0.15) is 52.7 Å². The number of amides is 2. The maximum atomic E-state index is 12.8. The van der Waals surface area contributed by atoms with Crippen molar-refractivity contribution >= 4 is 11.8 Å². The number of hydrogen-bond acceptors (Lipinski definition) is 3. The molecule has 2 aromatic carbocycles. The zero-order valence-corrected chi connectivity index (χ0v) is 16.1. The van der Waals surface area contributed by atoms with Gasteiger partial charge in [0, 0.05) is 43.6 Å². The summed E-state index contributed by atoms with van der Waals surface area (Å²) in [4.78, 5) is 27.2. The maximum absolute atomic E-state index is 12.8. The minimum absolute atomic E-state index is 0.00137. The molecule has 2 N–H and O–H groups in total. The van der Waals surface area contributed by atoms with Gasteiger partial charge in [-0.05, 0) is 36.6 Å². The fourth-order valence-corrected chi connectivity index (χ4v) is 4.29. The third-order valence-corrected chi connectivity index (χ3v) is 5.76. The van der Waals surface area contributed by atoms with Crippen molar-refractivity contribution in [3.63, 3.8) is 0 Å². The van der Waals surface area contributed by atoms with Gasteiger partial charge in [-0.2, -0.15) is 0 Å². The second-order valence-corrected chi connectivity index (χ2v) is 7.65. The molecule has 0 aliphatic carbocycles. The van der Waals surface area contributed by atoms with E-state index in [2.05, 4.69) is 28.8 Å². The zero-order chi connectivity index (χ0) is 19.3. The van der Waals surface area contributed by atoms with Crippen LogP contribution in [0, 0.1) is 0 Å². The molecular formula is C23H27N3O2. The third-order valence-electron chi connectivity index (χ3n) is 5.76. The number of nitrogens with zero attached hydrogens (tertiary/aromatic N) is 1. The number of nitrogens with one attached hydrogen (secondary N) is 2. The number of fused-ring (bicyclic) bond motifs is 4. The van der Waals surface area contributed by atoms with Gasteiger partial charge in [0.1, 0.15) is 0 Å². The minimum Gasteiger partial charge on any atom is -0.356 e. The number of carbonyl (C=O) groups is 2. The normalized spacial score (nSPS) is 23.6. The number of carbonyl (C=O) groups excluding carboxylic acids is 2. The topological polar surface area (TPSA) is 61.4 Å². The molecule has 28 heavy (non-hydrogen) atoms. The average molecular weight is 377 g/mol. The Morgan fingerprint density at radius 2 is 1.71 bits per heavy atom. The van der Waals surface area contributed by atoms with E-state index in [-0.39, 0.29) is 17.9 Å². The number of benzene rings is 2. The summed E-state index contributed by atoms with van der Waals surface area (Å²) >= 11 is 0. The molecule has 0 spiro atoms. The summed E-state index contributed by atoms with van der Waals surface area (Å²) in [6.07, 6.45) is 2.13. The molecular weight excluding hydrogens is 350 g/mol. The van der Waals surface area contributed by atoms with Gasteiger partial charge in [0.15, 0.2) is 0 Å². The van der Waals surface area contributed by atoms with Crippen LogP contribution >= 0.6 is 0 Å². The molecule has 5 nitrogen and oxygen atoms in total. The van der Waals surface area contributed by atoms with Crippen LogP contribution in [0.4, 0.5) is 0 Å². The first-order chi connectivity index (χ1) is 13.7. The first-order valence-electron chi connectivity index (χ1n) is 10.2. The maximum Gasteiger partial charge on any atom is 0.254 e. The van der Waals surface area contributed by atoms with Crippen LogP contribution in [-0.2, 0) is 4.79 Å². The lowest BCUT2D eigenvalue weighted by molar-refractivity contribution is -0.121. The van der Waals surface area contributed by atoms with Crippen molar-refractivity contribution in [2.45, 2.75) is 31.2 Å². The molecule has 5 heteroatoms. The first-order valence-corrected chi connectivity index (χ1v) is 10.2. The van der Waals surface area contributed by atoms with Crippen LogP contribution in [0.2, 0.25) is 0 Å².